The molecule has 0 radical (unpaired) electrons. The molecule has 0 atom stereocenters. The molecule has 3 aromatic carbocycles. The second-order valence-electron chi connectivity index (χ2n) is 8.07. The largest absolute Gasteiger partial charge is 0.493 e. The number of hydrogen-bond donors (Lipinski definition) is 1. The third-order valence-corrected chi connectivity index (χ3v) is 5.52. The van der Waals surface area contributed by atoms with E-state index in [1.165, 1.54) is 18.7 Å². The molecule has 1 fully saturated rings. The average molecular weight is 487 g/mol. The fraction of sp³-hybridized carbons (Fsp3) is 0.179. The predicted octanol–water partition coefficient (Wildman–Crippen LogP) is 4.65. The summed E-state index contributed by atoms with van der Waals surface area (Å²) in [5, 5.41) is 2.23. The number of rotatable bonds is 8. The van der Waals surface area contributed by atoms with E-state index in [0.29, 0.717) is 41.7 Å². The standard InChI is InChI=1S/C28H26N2O6/c1-4-35-25-16-20(9-14-24(25)34-3)15-23-26(31)29-28(33)30(27(23)32)21-10-12-22(13-11-21)36-17-19-7-5-18(2)6-8-19/h5-16H,4,17H2,1-3H3,(H,29,31,33)/b23-15+. The Morgan fingerprint density at radius 2 is 1.61 bits per heavy atom. The zero-order chi connectivity index (χ0) is 25.7. The lowest BCUT2D eigenvalue weighted by Gasteiger charge is -2.26. The van der Waals surface area contributed by atoms with Crippen molar-refractivity contribution in [2.45, 2.75) is 20.5 Å². The summed E-state index contributed by atoms with van der Waals surface area (Å²) in [6.45, 7) is 4.66. The Labute approximate surface area is 209 Å². The van der Waals surface area contributed by atoms with Crippen LogP contribution in [0.2, 0.25) is 0 Å². The van der Waals surface area contributed by atoms with Crippen LogP contribution in [0.15, 0.2) is 72.3 Å². The maximum absolute atomic E-state index is 13.2. The Kier molecular flexibility index (Phi) is 7.34. The van der Waals surface area contributed by atoms with Crippen molar-refractivity contribution in [3.05, 3.63) is 89.0 Å². The van der Waals surface area contributed by atoms with Gasteiger partial charge in [0.25, 0.3) is 11.8 Å². The lowest BCUT2D eigenvalue weighted by atomic mass is 10.1. The van der Waals surface area contributed by atoms with Crippen molar-refractivity contribution >= 4 is 29.6 Å². The minimum atomic E-state index is -0.819. The number of nitrogens with zero attached hydrogens (tertiary/aromatic N) is 1. The Morgan fingerprint density at radius 1 is 0.889 bits per heavy atom. The van der Waals surface area contributed by atoms with Gasteiger partial charge in [0.1, 0.15) is 17.9 Å². The second kappa shape index (κ2) is 10.8. The average Bonchev–Trinajstić information content (AvgIpc) is 2.87. The minimum absolute atomic E-state index is 0.179. The van der Waals surface area contributed by atoms with E-state index in [0.717, 1.165) is 10.5 Å². The first-order valence-electron chi connectivity index (χ1n) is 11.4. The third kappa shape index (κ3) is 5.38. The van der Waals surface area contributed by atoms with Crippen LogP contribution in [0.5, 0.6) is 17.2 Å². The molecule has 0 spiro atoms. The van der Waals surface area contributed by atoms with Crippen molar-refractivity contribution in [2.75, 3.05) is 18.6 Å². The highest BCUT2D eigenvalue weighted by molar-refractivity contribution is 6.39. The van der Waals surface area contributed by atoms with Crippen molar-refractivity contribution in [3.63, 3.8) is 0 Å². The number of carbonyl (C=O) groups excluding carboxylic acids is 3. The predicted molar refractivity (Wildman–Crippen MR) is 135 cm³/mol. The number of nitrogens with one attached hydrogen (secondary N) is 1. The van der Waals surface area contributed by atoms with Gasteiger partial charge in [0, 0.05) is 0 Å². The summed E-state index contributed by atoms with van der Waals surface area (Å²) in [4.78, 5) is 39.2. The van der Waals surface area contributed by atoms with Gasteiger partial charge in [-0.2, -0.15) is 0 Å². The number of imide groups is 2. The summed E-state index contributed by atoms with van der Waals surface area (Å²) in [6.07, 6.45) is 1.41. The number of methoxy groups -OCH3 is 1. The summed E-state index contributed by atoms with van der Waals surface area (Å²) in [6, 6.07) is 18.7. The molecule has 0 bridgehead atoms. The Morgan fingerprint density at radius 3 is 2.28 bits per heavy atom. The normalized spacial score (nSPS) is 14.6. The highest BCUT2D eigenvalue weighted by Gasteiger charge is 2.36. The van der Waals surface area contributed by atoms with E-state index in [2.05, 4.69) is 5.32 Å². The van der Waals surface area contributed by atoms with Gasteiger partial charge >= 0.3 is 6.03 Å². The lowest BCUT2D eigenvalue weighted by Crippen LogP contribution is -2.54. The molecule has 184 valence electrons. The van der Waals surface area contributed by atoms with E-state index in [1.54, 1.807) is 42.5 Å². The summed E-state index contributed by atoms with van der Waals surface area (Å²) in [5.41, 5.74) is 2.87. The monoisotopic (exact) mass is 486 g/mol. The molecule has 36 heavy (non-hydrogen) atoms. The van der Waals surface area contributed by atoms with Crippen molar-refractivity contribution in [3.8, 4) is 17.2 Å². The van der Waals surface area contributed by atoms with Crippen LogP contribution in [0.25, 0.3) is 6.08 Å². The maximum Gasteiger partial charge on any atom is 0.335 e. The molecule has 1 saturated heterocycles. The van der Waals surface area contributed by atoms with Gasteiger partial charge in [-0.3, -0.25) is 14.9 Å². The molecule has 8 nitrogen and oxygen atoms in total. The van der Waals surface area contributed by atoms with Crippen molar-refractivity contribution < 1.29 is 28.6 Å². The number of ether oxygens (including phenoxy) is 3. The number of amides is 4. The van der Waals surface area contributed by atoms with E-state index < -0.39 is 17.8 Å². The summed E-state index contributed by atoms with van der Waals surface area (Å²) >= 11 is 0. The minimum Gasteiger partial charge on any atom is -0.493 e. The van der Waals surface area contributed by atoms with Gasteiger partial charge in [-0.15, -0.1) is 0 Å². The van der Waals surface area contributed by atoms with E-state index in [9.17, 15) is 14.4 Å². The van der Waals surface area contributed by atoms with Gasteiger partial charge < -0.3 is 14.2 Å². The van der Waals surface area contributed by atoms with Gasteiger partial charge in [-0.1, -0.05) is 35.9 Å². The van der Waals surface area contributed by atoms with Gasteiger partial charge in [0.15, 0.2) is 11.5 Å². The number of carbonyl (C=O) groups is 3. The molecule has 1 aliphatic rings. The van der Waals surface area contributed by atoms with E-state index in [1.807, 2.05) is 38.1 Å². The number of urea groups is 1. The topological polar surface area (TPSA) is 94.2 Å². The van der Waals surface area contributed by atoms with Gasteiger partial charge in [-0.25, -0.2) is 9.69 Å². The van der Waals surface area contributed by atoms with E-state index in [4.69, 9.17) is 14.2 Å². The van der Waals surface area contributed by atoms with Crippen molar-refractivity contribution in [2.24, 2.45) is 0 Å². The SMILES string of the molecule is CCOc1cc(/C=C2\C(=O)NC(=O)N(c3ccc(OCc4ccc(C)cc4)cc3)C2=O)ccc1OC. The first-order valence-corrected chi connectivity index (χ1v) is 11.4. The fourth-order valence-corrected chi connectivity index (χ4v) is 3.65. The number of benzene rings is 3. The van der Waals surface area contributed by atoms with Gasteiger partial charge in [0.2, 0.25) is 0 Å². The quantitative estimate of drug-likeness (QED) is 0.368. The molecule has 8 heteroatoms. The zero-order valence-electron chi connectivity index (χ0n) is 20.2. The van der Waals surface area contributed by atoms with Gasteiger partial charge in [-0.05, 0) is 67.4 Å². The van der Waals surface area contributed by atoms with E-state index >= 15 is 0 Å². The molecule has 1 aliphatic heterocycles. The van der Waals surface area contributed by atoms with E-state index in [-0.39, 0.29) is 5.57 Å². The molecule has 4 rings (SSSR count). The van der Waals surface area contributed by atoms with Crippen LogP contribution < -0.4 is 24.4 Å². The highest BCUT2D eigenvalue weighted by Crippen LogP contribution is 2.30. The van der Waals surface area contributed by atoms with Gasteiger partial charge in [0.05, 0.1) is 19.4 Å². The molecule has 1 N–H and O–H groups in total. The van der Waals surface area contributed by atoms with Crippen LogP contribution in [0.3, 0.4) is 0 Å². The molecule has 1 heterocycles. The fourth-order valence-electron chi connectivity index (χ4n) is 3.65. The number of barbiturate groups is 1. The molecule has 0 saturated carbocycles. The highest BCUT2D eigenvalue weighted by atomic mass is 16.5. The van der Waals surface area contributed by atoms with Crippen LogP contribution in [0.1, 0.15) is 23.6 Å². The number of hydrogen-bond acceptors (Lipinski definition) is 6. The Balaban J connectivity index is 1.54. The Hall–Kier alpha value is -4.59. The molecule has 0 aromatic heterocycles. The maximum atomic E-state index is 13.2. The molecule has 4 amide bonds. The molecule has 0 aliphatic carbocycles. The third-order valence-electron chi connectivity index (χ3n) is 5.52. The van der Waals surface area contributed by atoms with Crippen LogP contribution in [-0.4, -0.2) is 31.6 Å². The van der Waals surface area contributed by atoms with Crippen LogP contribution in [0.4, 0.5) is 10.5 Å². The smallest absolute Gasteiger partial charge is 0.335 e. The number of aryl methyl sites for hydroxylation is 1. The second-order valence-corrected chi connectivity index (χ2v) is 8.07. The first-order chi connectivity index (χ1) is 17.4. The van der Waals surface area contributed by atoms with Crippen molar-refractivity contribution in [1.82, 2.24) is 5.32 Å². The molecular formula is C28H26N2O6. The molecule has 3 aromatic rings. The summed E-state index contributed by atoms with van der Waals surface area (Å²) < 4.78 is 16.6. The first kappa shape index (κ1) is 24.5. The van der Waals surface area contributed by atoms with Crippen LogP contribution in [0, 0.1) is 6.92 Å². The lowest BCUT2D eigenvalue weighted by molar-refractivity contribution is -0.122. The number of anilines is 1. The van der Waals surface area contributed by atoms with Crippen molar-refractivity contribution in [1.29, 1.82) is 0 Å². The summed E-state index contributed by atoms with van der Waals surface area (Å²) in [5.74, 6) is 0.0868. The zero-order valence-corrected chi connectivity index (χ0v) is 20.2. The van der Waals surface area contributed by atoms with Crippen LogP contribution >= 0.6 is 0 Å². The summed E-state index contributed by atoms with van der Waals surface area (Å²) in [7, 11) is 1.52. The molecular weight excluding hydrogens is 460 g/mol. The Bertz CT molecular complexity index is 1310. The van der Waals surface area contributed by atoms with Crippen LogP contribution in [-0.2, 0) is 16.2 Å². The molecule has 0 unspecified atom stereocenters.